The molecule has 1 aromatic carbocycles. The first-order valence-electron chi connectivity index (χ1n) is 8.86. The van der Waals surface area contributed by atoms with Gasteiger partial charge in [0.05, 0.1) is 6.54 Å². The second kappa shape index (κ2) is 7.31. The lowest BCUT2D eigenvalue weighted by atomic mass is 10.1. The standard InChI is InChI=1S/C19H26N4O2S/c1-12(2)11-26-18-20-16-15(21(18)4)17(24)23(19(25)22(16)5)10-14-8-6-13(3)7-9-14/h6-9,12,15-16H,10-11H2,1-5H3. The number of carbonyl (C=O) groups is 2. The Morgan fingerprint density at radius 3 is 2.38 bits per heavy atom. The highest BCUT2D eigenvalue weighted by Gasteiger charge is 2.50. The molecule has 2 unspecified atom stereocenters. The molecule has 1 saturated heterocycles. The number of thioether (sulfide) groups is 1. The van der Waals surface area contributed by atoms with Crippen LogP contribution in [0.1, 0.15) is 25.0 Å². The Labute approximate surface area is 159 Å². The second-order valence-corrected chi connectivity index (χ2v) is 8.38. The fraction of sp³-hybridized carbons (Fsp3) is 0.526. The van der Waals surface area contributed by atoms with Gasteiger partial charge in [-0.15, -0.1) is 0 Å². The number of fused-ring (bicyclic) bond motifs is 1. The van der Waals surface area contributed by atoms with Gasteiger partial charge < -0.3 is 9.80 Å². The Morgan fingerprint density at radius 1 is 1.12 bits per heavy atom. The van der Waals surface area contributed by atoms with Gasteiger partial charge >= 0.3 is 6.03 Å². The molecule has 2 aliphatic heterocycles. The monoisotopic (exact) mass is 374 g/mol. The smallest absolute Gasteiger partial charge is 0.328 e. The lowest BCUT2D eigenvalue weighted by Gasteiger charge is -2.40. The van der Waals surface area contributed by atoms with E-state index in [4.69, 9.17) is 0 Å². The van der Waals surface area contributed by atoms with Crippen molar-refractivity contribution >= 4 is 28.9 Å². The number of hydrogen-bond donors (Lipinski definition) is 0. The Morgan fingerprint density at radius 2 is 1.77 bits per heavy atom. The SMILES string of the molecule is Cc1ccc(CN2C(=O)C3C(N=C(SCC(C)C)N3C)N(C)C2=O)cc1. The highest BCUT2D eigenvalue weighted by atomic mass is 32.2. The van der Waals surface area contributed by atoms with E-state index in [-0.39, 0.29) is 18.5 Å². The lowest BCUT2D eigenvalue weighted by molar-refractivity contribution is -0.137. The van der Waals surface area contributed by atoms with Crippen molar-refractivity contribution in [3.05, 3.63) is 35.4 Å². The predicted molar refractivity (Wildman–Crippen MR) is 105 cm³/mol. The van der Waals surface area contributed by atoms with Crippen LogP contribution in [0.3, 0.4) is 0 Å². The summed E-state index contributed by atoms with van der Waals surface area (Å²) in [6, 6.07) is 7.17. The zero-order chi connectivity index (χ0) is 19.0. The highest BCUT2D eigenvalue weighted by Crippen LogP contribution is 2.31. The number of urea groups is 1. The number of aliphatic imine (C=N–C) groups is 1. The van der Waals surface area contributed by atoms with Gasteiger partial charge in [-0.05, 0) is 18.4 Å². The van der Waals surface area contributed by atoms with E-state index in [9.17, 15) is 9.59 Å². The van der Waals surface area contributed by atoms with Crippen LogP contribution in [-0.4, -0.2) is 63.9 Å². The maximum atomic E-state index is 13.1. The summed E-state index contributed by atoms with van der Waals surface area (Å²) in [5.41, 5.74) is 2.10. The van der Waals surface area contributed by atoms with Crippen molar-refractivity contribution in [3.8, 4) is 0 Å². The van der Waals surface area contributed by atoms with Crippen LogP contribution in [0.4, 0.5) is 4.79 Å². The minimum absolute atomic E-state index is 0.176. The highest BCUT2D eigenvalue weighted by molar-refractivity contribution is 8.13. The van der Waals surface area contributed by atoms with Crippen LogP contribution < -0.4 is 0 Å². The zero-order valence-electron chi connectivity index (χ0n) is 16.0. The molecule has 6 nitrogen and oxygen atoms in total. The number of likely N-dealkylation sites (N-methyl/N-ethyl adjacent to an activating group) is 2. The number of benzene rings is 1. The van der Waals surface area contributed by atoms with Gasteiger partial charge in [-0.1, -0.05) is 55.4 Å². The summed E-state index contributed by atoms with van der Waals surface area (Å²) in [6.07, 6.45) is -0.441. The Balaban J connectivity index is 1.80. The third-order valence-electron chi connectivity index (χ3n) is 4.70. The van der Waals surface area contributed by atoms with E-state index in [1.54, 1.807) is 23.7 Å². The number of amides is 3. The van der Waals surface area contributed by atoms with Crippen LogP contribution in [0.5, 0.6) is 0 Å². The van der Waals surface area contributed by atoms with E-state index in [1.807, 2.05) is 43.1 Å². The summed E-state index contributed by atoms with van der Waals surface area (Å²) in [4.78, 5) is 35.4. The molecule has 2 aliphatic rings. The van der Waals surface area contributed by atoms with Crippen LogP contribution in [0.25, 0.3) is 0 Å². The lowest BCUT2D eigenvalue weighted by Crippen LogP contribution is -2.64. The van der Waals surface area contributed by atoms with Crippen molar-refractivity contribution < 1.29 is 9.59 Å². The van der Waals surface area contributed by atoms with Gasteiger partial charge in [-0.2, -0.15) is 0 Å². The molecule has 0 saturated carbocycles. The molecule has 0 radical (unpaired) electrons. The number of amidine groups is 1. The van der Waals surface area contributed by atoms with Crippen molar-refractivity contribution in [2.75, 3.05) is 19.8 Å². The van der Waals surface area contributed by atoms with Crippen LogP contribution in [0.2, 0.25) is 0 Å². The number of aryl methyl sites for hydroxylation is 1. The predicted octanol–water partition coefficient (Wildman–Crippen LogP) is 2.77. The molecule has 2 heterocycles. The fourth-order valence-electron chi connectivity index (χ4n) is 3.14. The first kappa shape index (κ1) is 18.8. The molecule has 140 valence electrons. The van der Waals surface area contributed by atoms with E-state index in [0.717, 1.165) is 22.0 Å². The summed E-state index contributed by atoms with van der Waals surface area (Å²) in [6.45, 7) is 6.60. The van der Waals surface area contributed by atoms with Gasteiger partial charge in [0.2, 0.25) is 0 Å². The molecule has 0 aliphatic carbocycles. The minimum Gasteiger partial charge on any atom is -0.339 e. The number of carbonyl (C=O) groups excluding carboxylic acids is 2. The third-order valence-corrected chi connectivity index (χ3v) is 6.18. The van der Waals surface area contributed by atoms with E-state index >= 15 is 0 Å². The molecule has 7 heteroatoms. The first-order valence-corrected chi connectivity index (χ1v) is 9.85. The molecule has 3 amide bonds. The molecule has 0 spiro atoms. The largest absolute Gasteiger partial charge is 0.339 e. The Hall–Kier alpha value is -2.02. The molecule has 0 N–H and O–H groups in total. The Bertz CT molecular complexity index is 732. The van der Waals surface area contributed by atoms with E-state index in [0.29, 0.717) is 5.92 Å². The molecule has 3 rings (SSSR count). The molecule has 26 heavy (non-hydrogen) atoms. The maximum Gasteiger partial charge on any atom is 0.328 e. The van der Waals surface area contributed by atoms with Gasteiger partial charge in [0, 0.05) is 19.8 Å². The maximum absolute atomic E-state index is 13.1. The van der Waals surface area contributed by atoms with Gasteiger partial charge in [-0.25, -0.2) is 9.79 Å². The number of rotatable bonds is 4. The second-order valence-electron chi connectivity index (χ2n) is 7.39. The molecule has 0 aromatic heterocycles. The van der Waals surface area contributed by atoms with Crippen LogP contribution >= 0.6 is 11.8 Å². The van der Waals surface area contributed by atoms with Gasteiger partial charge in [0.1, 0.15) is 0 Å². The quantitative estimate of drug-likeness (QED) is 0.813. The fourth-order valence-corrected chi connectivity index (χ4v) is 4.13. The summed E-state index contributed by atoms with van der Waals surface area (Å²) in [5.74, 6) is 1.29. The molecule has 1 aromatic rings. The number of nitrogens with zero attached hydrogens (tertiary/aromatic N) is 4. The zero-order valence-corrected chi connectivity index (χ0v) is 16.8. The van der Waals surface area contributed by atoms with Gasteiger partial charge in [0.25, 0.3) is 5.91 Å². The summed E-state index contributed by atoms with van der Waals surface area (Å²) < 4.78 is 0. The van der Waals surface area contributed by atoms with E-state index in [1.165, 1.54) is 4.90 Å². The van der Waals surface area contributed by atoms with Crippen molar-refractivity contribution in [2.45, 2.75) is 39.5 Å². The summed E-state index contributed by atoms with van der Waals surface area (Å²) >= 11 is 1.65. The minimum atomic E-state index is -0.446. The van der Waals surface area contributed by atoms with Crippen molar-refractivity contribution in [3.63, 3.8) is 0 Å². The third kappa shape index (κ3) is 3.45. The average molecular weight is 375 g/mol. The first-order chi connectivity index (χ1) is 12.3. The molecule has 2 atom stereocenters. The Kier molecular flexibility index (Phi) is 5.27. The normalized spacial score (nSPS) is 23.0. The number of imide groups is 1. The molecular formula is C19H26N4O2S. The van der Waals surface area contributed by atoms with Gasteiger partial charge in [-0.3, -0.25) is 9.69 Å². The van der Waals surface area contributed by atoms with Crippen molar-refractivity contribution in [1.82, 2.24) is 14.7 Å². The van der Waals surface area contributed by atoms with Crippen LogP contribution in [0.15, 0.2) is 29.3 Å². The van der Waals surface area contributed by atoms with Crippen molar-refractivity contribution in [2.24, 2.45) is 10.9 Å². The molecular weight excluding hydrogens is 348 g/mol. The molecule has 1 fully saturated rings. The molecule has 0 bridgehead atoms. The van der Waals surface area contributed by atoms with E-state index < -0.39 is 12.2 Å². The topological polar surface area (TPSA) is 56.2 Å². The summed E-state index contributed by atoms with van der Waals surface area (Å²) in [5, 5.41) is 0.832. The number of hydrogen-bond acceptors (Lipinski definition) is 5. The van der Waals surface area contributed by atoms with Crippen LogP contribution in [0, 0.1) is 12.8 Å². The van der Waals surface area contributed by atoms with E-state index in [2.05, 4.69) is 18.8 Å². The summed E-state index contributed by atoms with van der Waals surface area (Å²) in [7, 11) is 3.62. The van der Waals surface area contributed by atoms with Gasteiger partial charge in [0.15, 0.2) is 17.4 Å². The average Bonchev–Trinajstić information content (AvgIpc) is 2.93. The van der Waals surface area contributed by atoms with Crippen LogP contribution in [-0.2, 0) is 11.3 Å². The van der Waals surface area contributed by atoms with Crippen molar-refractivity contribution in [1.29, 1.82) is 0 Å².